The minimum absolute atomic E-state index is 0.00911. The molecule has 0 bridgehead atoms. The Morgan fingerprint density at radius 2 is 0.672 bits per heavy atom. The summed E-state index contributed by atoms with van der Waals surface area (Å²) in [7, 11) is 12.4. The predicted octanol–water partition coefficient (Wildman–Crippen LogP) is 18.6. The highest BCUT2D eigenvalue weighted by atomic mass is 79.9. The minimum atomic E-state index is -4.45. The van der Waals surface area contributed by atoms with E-state index < -0.39 is 125 Å². The first-order chi connectivity index (χ1) is 63.1. The molecule has 7 heterocycles. The predicted molar refractivity (Wildman–Crippen MR) is 482 cm³/mol. The fourth-order valence-corrected chi connectivity index (χ4v) is 14.8. The van der Waals surface area contributed by atoms with Crippen LogP contribution in [0.15, 0.2) is 181 Å². The Kier molecular flexibility index (Phi) is 32.1. The lowest BCUT2D eigenvalue weighted by Crippen LogP contribution is -2.41. The lowest BCUT2D eigenvalue weighted by molar-refractivity contribution is -0.134. The van der Waals surface area contributed by atoms with E-state index in [2.05, 4.69) is 61.8 Å². The second-order valence-electron chi connectivity index (χ2n) is 31.1. The fourth-order valence-electron chi connectivity index (χ4n) is 14.0. The Bertz CT molecular complexity index is 6470. The quantitative estimate of drug-likeness (QED) is 0.0274. The number of Topliss-reactive ketones (excluding diaryl/α,β-unsaturated/α-hetero) is 4. The molecule has 6 aromatic heterocycles. The first kappa shape index (κ1) is 102. The molecule has 708 valence electrons. The summed E-state index contributed by atoms with van der Waals surface area (Å²) in [5, 5.41) is 18.6. The van der Waals surface area contributed by atoms with Crippen molar-refractivity contribution < 1.29 is 129 Å². The largest absolute Gasteiger partial charge is 0.496 e. The van der Waals surface area contributed by atoms with Gasteiger partial charge in [0.15, 0.2) is 23.1 Å². The molecule has 1 saturated heterocycles. The van der Waals surface area contributed by atoms with Crippen molar-refractivity contribution in [3.63, 3.8) is 0 Å². The van der Waals surface area contributed by atoms with E-state index in [0.717, 1.165) is 53.4 Å². The maximum atomic E-state index is 12.7. The number of nitrogens with zero attached hydrogens (tertiary/aromatic N) is 12. The van der Waals surface area contributed by atoms with Crippen LogP contribution >= 0.6 is 31.9 Å². The number of rotatable bonds is 27. The van der Waals surface area contributed by atoms with Crippen LogP contribution in [0.4, 0.5) is 52.7 Å². The summed E-state index contributed by atoms with van der Waals surface area (Å²) in [6.07, 6.45) is -11.9. The first-order valence-corrected chi connectivity index (χ1v) is 42.0. The van der Waals surface area contributed by atoms with Crippen LogP contribution in [0.2, 0.25) is 0 Å². The van der Waals surface area contributed by atoms with Gasteiger partial charge in [0.05, 0.1) is 179 Å². The summed E-state index contributed by atoms with van der Waals surface area (Å²) in [6.45, 7) is 7.94. The van der Waals surface area contributed by atoms with Crippen molar-refractivity contribution in [1.82, 2.24) is 57.3 Å². The van der Waals surface area contributed by atoms with Crippen LogP contribution in [-0.2, 0) is 23.4 Å². The number of hydrogen-bond donors (Lipinski definition) is 2. The zero-order chi connectivity index (χ0) is 98.0. The molecule has 0 atom stereocenters. The van der Waals surface area contributed by atoms with Crippen LogP contribution in [0.25, 0.3) is 78.1 Å². The average Bonchev–Trinajstić information content (AvgIpc) is 1.61. The zero-order valence-corrected chi connectivity index (χ0v) is 77.4. The standard InChI is InChI=1S/C25H28BF3N2O5.C23H21F3N4O3.C19H18BF3N2O5.C19H16BrF3N2O3.C4H5BrN2/c1-23(2)24(3,4)36-26(35-23)15-7-8-18-17(11-15)30-14-31(18)16-12-20(33-5)22(21(13-16)34-6)19(32)9-10-25(27,28)29;1-29-11-17(27-12-29)14-4-5-18-16(8-14)28-13-30(18)15-9-20(32-2)22(21(10-15)33-3)19(31)6-7-23(24,25)26;1-29-16-8-12(9-17(30-2)18(16)15(26)5-6-19(21,22)23)25-10-24-13-7-11(20(27)28)3-4-14(13)25;1-27-16-8-12(25-10-24-13-7-11(20)3-4-14(13)25)9-17(28-2)18(16)15(26)5-6-19(21,22)23;1-7-2-4(5)6-3-7/h7-8,11-14H,9-10H2,1-6H3;4-5,8-13H,6-7H2,1-3H3;3-4,7-10,27-28H,5-6H2,1-2H3;3-4,7-10H,5-6H2,1-2H3;2-3H,1H3. The molecule has 1 aliphatic rings. The molecule has 44 heteroatoms. The number of ketones is 4. The molecule has 0 unspecified atom stereocenters. The molecule has 2 N–H and O–H groups in total. The molecule has 0 radical (unpaired) electrons. The van der Waals surface area contributed by atoms with E-state index >= 15 is 0 Å². The molecule has 1 aliphatic heterocycles. The van der Waals surface area contributed by atoms with E-state index in [1.165, 1.54) is 87.5 Å². The molecular weight excluding hydrogens is 1910 g/mol. The number of carbonyl (C=O) groups excluding carboxylic acids is 4. The summed E-state index contributed by atoms with van der Waals surface area (Å²) < 4.78 is 218. The molecule has 0 amide bonds. The molecule has 28 nitrogen and oxygen atoms in total. The van der Waals surface area contributed by atoms with E-state index in [9.17, 15) is 81.9 Å². The van der Waals surface area contributed by atoms with Gasteiger partial charge in [0, 0.05) is 111 Å². The van der Waals surface area contributed by atoms with Crippen molar-refractivity contribution in [2.75, 3.05) is 56.9 Å². The monoisotopic (exact) mass is 2000 g/mol. The number of methoxy groups -OCH3 is 8. The summed E-state index contributed by atoms with van der Waals surface area (Å²) in [5.74, 6) is -1.95. The van der Waals surface area contributed by atoms with E-state index in [1.54, 1.807) is 92.4 Å². The number of aryl methyl sites for hydroxylation is 2. The Balaban J connectivity index is 0.000000168. The van der Waals surface area contributed by atoms with Gasteiger partial charge in [-0.3, -0.25) is 37.4 Å². The summed E-state index contributed by atoms with van der Waals surface area (Å²) >= 11 is 6.59. The molecule has 0 saturated carbocycles. The maximum absolute atomic E-state index is 12.7. The van der Waals surface area contributed by atoms with Gasteiger partial charge in [-0.15, -0.1) is 0 Å². The molecular formula is C90H88B2Br2F12N12O16. The number of benzene rings is 8. The van der Waals surface area contributed by atoms with Crippen molar-refractivity contribution in [3.05, 3.63) is 203 Å². The third-order valence-corrected chi connectivity index (χ3v) is 22.3. The molecule has 15 rings (SSSR count). The fraction of sp³-hybridized carbons (Fsp3) is 0.311. The van der Waals surface area contributed by atoms with Gasteiger partial charge in [-0.2, -0.15) is 52.7 Å². The molecule has 134 heavy (non-hydrogen) atoms. The lowest BCUT2D eigenvalue weighted by Gasteiger charge is -2.32. The van der Waals surface area contributed by atoms with Crippen molar-refractivity contribution in [2.24, 2.45) is 14.1 Å². The van der Waals surface area contributed by atoms with Crippen molar-refractivity contribution in [3.8, 4) is 80.0 Å². The number of aromatic nitrogens is 12. The van der Waals surface area contributed by atoms with Crippen LogP contribution < -0.4 is 48.8 Å². The smallest absolute Gasteiger partial charge is 0.494 e. The second-order valence-corrected chi connectivity index (χ2v) is 32.8. The van der Waals surface area contributed by atoms with E-state index in [1.807, 2.05) is 118 Å². The van der Waals surface area contributed by atoms with Gasteiger partial charge < -0.3 is 66.4 Å². The highest BCUT2D eigenvalue weighted by molar-refractivity contribution is 9.10. The molecule has 8 aromatic carbocycles. The topological polar surface area (TPSA) is 308 Å². The van der Waals surface area contributed by atoms with Crippen molar-refractivity contribution >= 4 is 124 Å². The number of ether oxygens (including phenoxy) is 8. The third-order valence-electron chi connectivity index (χ3n) is 21.4. The van der Waals surface area contributed by atoms with Gasteiger partial charge in [0.1, 0.15) is 98.2 Å². The molecule has 1 fully saturated rings. The van der Waals surface area contributed by atoms with Crippen molar-refractivity contribution in [2.45, 2.75) is 115 Å². The van der Waals surface area contributed by atoms with Crippen LogP contribution in [-0.4, -0.2) is 198 Å². The highest BCUT2D eigenvalue weighted by Crippen LogP contribution is 2.43. The lowest BCUT2D eigenvalue weighted by atomic mass is 9.79. The Morgan fingerprint density at radius 3 is 0.955 bits per heavy atom. The van der Waals surface area contributed by atoms with E-state index in [-0.39, 0.29) is 73.7 Å². The van der Waals surface area contributed by atoms with Crippen molar-refractivity contribution in [1.29, 1.82) is 0 Å². The number of hydrogen-bond acceptors (Lipinski definition) is 22. The van der Waals surface area contributed by atoms with Crippen LogP contribution in [0, 0.1) is 0 Å². The SMILES string of the molecule is COc1cc(-n2cnc3cc(-c4cn(C)cn4)ccc32)cc(OC)c1C(=O)CCC(F)(F)F.COc1cc(-n2cnc3cc(B(O)O)ccc32)cc(OC)c1C(=O)CCC(F)(F)F.COc1cc(-n2cnc3cc(B4OC(C)(C)C(C)(C)O4)ccc32)cc(OC)c1C(=O)CCC(F)(F)F.COc1cc(-n2cnc3cc(Br)ccc32)cc(OC)c1C(=O)CCC(F)(F)F.Cn1cnc(Br)c1. The Hall–Kier alpha value is -12.8. The number of alkyl halides is 12. The zero-order valence-electron chi connectivity index (χ0n) is 74.2. The van der Waals surface area contributed by atoms with Gasteiger partial charge in [0.2, 0.25) is 0 Å². The van der Waals surface area contributed by atoms with E-state index in [4.69, 9.17) is 47.2 Å². The van der Waals surface area contributed by atoms with Gasteiger partial charge in [-0.1, -0.05) is 34.1 Å². The average molecular weight is 2000 g/mol. The Morgan fingerprint density at radius 1 is 0.381 bits per heavy atom. The molecule has 14 aromatic rings. The normalized spacial score (nSPS) is 13.0. The van der Waals surface area contributed by atoms with Crippen LogP contribution in [0.1, 0.15) is 120 Å². The summed E-state index contributed by atoms with van der Waals surface area (Å²) in [6, 6.07) is 34.1. The van der Waals surface area contributed by atoms with E-state index in [0.29, 0.717) is 39.3 Å². The maximum Gasteiger partial charge on any atom is 0.494 e. The number of carbonyl (C=O) groups is 4. The number of imidazole rings is 6. The number of halogens is 14. The van der Waals surface area contributed by atoms with Crippen LogP contribution in [0.3, 0.4) is 0 Å². The first-order valence-electron chi connectivity index (χ1n) is 40.5. The van der Waals surface area contributed by atoms with Gasteiger partial charge in [0.25, 0.3) is 0 Å². The molecule has 0 spiro atoms. The van der Waals surface area contributed by atoms with Gasteiger partial charge in [-0.25, -0.2) is 29.9 Å². The second kappa shape index (κ2) is 42.2. The highest BCUT2D eigenvalue weighted by Gasteiger charge is 2.52. The van der Waals surface area contributed by atoms with Gasteiger partial charge in [-0.05, 0) is 109 Å². The van der Waals surface area contributed by atoms with Gasteiger partial charge >= 0.3 is 38.9 Å². The minimum Gasteiger partial charge on any atom is -0.496 e. The van der Waals surface area contributed by atoms with Crippen LogP contribution in [0.5, 0.6) is 46.0 Å². The number of fused-ring (bicyclic) bond motifs is 4. The summed E-state index contributed by atoms with van der Waals surface area (Å²) in [5.41, 5.74) is 9.64. The molecule has 0 aliphatic carbocycles. The Labute approximate surface area is 775 Å². The third kappa shape index (κ3) is 24.6. The summed E-state index contributed by atoms with van der Waals surface area (Å²) in [4.78, 5) is 75.8.